The van der Waals surface area contributed by atoms with Crippen LogP contribution in [-0.2, 0) is 5.41 Å². The number of fused-ring (bicyclic) bond motifs is 21. The SMILES string of the molecule is CC1(C)c2ccccc2-c2ccc(N(c3ccc(-c4cccc5c4sc4ccccc45)cc3)c3cccc4ccc5ccccc5c34)cc21.c1ccc(-c2ccc(N(c3ccc(-c4ccc5c(c4)c4ccccc4n5-c4ccccc4)cc3)c3cccc4ccc5ccccc5c34)cc2)cc1.c1ccc(N(c2ccc(-c3ccc4c(c3)c3ccccc3n4-c3ccccc3)cc2)c2ccc3ccc4ccccc4c3c2)cc1. The van der Waals surface area contributed by atoms with Gasteiger partial charge in [0.15, 0.2) is 0 Å². The maximum Gasteiger partial charge on any atom is 0.0546 e. The Balaban J connectivity index is 0.000000109. The summed E-state index contributed by atoms with van der Waals surface area (Å²) in [5, 5.41) is 22.7. The molecule has 0 amide bonds. The molecule has 29 rings (SSSR count). The minimum atomic E-state index is -0.0914. The molecule has 0 saturated heterocycles. The highest BCUT2D eigenvalue weighted by molar-refractivity contribution is 7.26. The number of hydrogen-bond donors (Lipinski definition) is 0. The van der Waals surface area contributed by atoms with Crippen molar-refractivity contribution in [2.24, 2.45) is 0 Å². The van der Waals surface area contributed by atoms with Crippen LogP contribution >= 0.6 is 11.3 Å². The van der Waals surface area contributed by atoms with Gasteiger partial charge in [-0.15, -0.1) is 11.3 Å². The van der Waals surface area contributed by atoms with Crippen molar-refractivity contribution < 1.29 is 0 Å². The van der Waals surface area contributed by atoms with Crippen LogP contribution in [0.1, 0.15) is 25.0 Å². The quantitative estimate of drug-likeness (QED) is 0.0954. The molecule has 6 heteroatoms. The highest BCUT2D eigenvalue weighted by Gasteiger charge is 2.36. The summed E-state index contributed by atoms with van der Waals surface area (Å²) >= 11 is 1.89. The summed E-state index contributed by atoms with van der Waals surface area (Å²) in [4.78, 5) is 7.23. The molecule has 147 heavy (non-hydrogen) atoms. The molecule has 0 radical (unpaired) electrons. The summed E-state index contributed by atoms with van der Waals surface area (Å²) in [6.07, 6.45) is 0. The second kappa shape index (κ2) is 36.7. The normalized spacial score (nSPS) is 12.1. The lowest BCUT2D eigenvalue weighted by Gasteiger charge is -2.29. The van der Waals surface area contributed by atoms with E-state index in [9.17, 15) is 0 Å². The second-order valence-electron chi connectivity index (χ2n) is 38.9. The minimum absolute atomic E-state index is 0.0914. The van der Waals surface area contributed by atoms with E-state index in [0.717, 1.165) is 39.8 Å². The van der Waals surface area contributed by atoms with Crippen molar-refractivity contribution in [1.82, 2.24) is 9.13 Å². The predicted octanol–water partition coefficient (Wildman–Crippen LogP) is 39.9. The zero-order valence-corrected chi connectivity index (χ0v) is 82.0. The molecule has 1 aliphatic carbocycles. The summed E-state index contributed by atoms with van der Waals surface area (Å²) in [6, 6.07) is 201. The molecule has 3 heterocycles. The first kappa shape index (κ1) is 87.3. The van der Waals surface area contributed by atoms with E-state index < -0.39 is 0 Å². The maximum absolute atomic E-state index is 2.47. The van der Waals surface area contributed by atoms with Crippen LogP contribution < -0.4 is 14.7 Å². The fourth-order valence-electron chi connectivity index (χ4n) is 23.1. The minimum Gasteiger partial charge on any atom is -0.310 e. The van der Waals surface area contributed by atoms with Crippen LogP contribution in [0.5, 0.6) is 0 Å². The Morgan fingerprint density at radius 1 is 0.184 bits per heavy atom. The Morgan fingerprint density at radius 2 is 0.524 bits per heavy atom. The third-order valence-electron chi connectivity index (χ3n) is 30.2. The first-order valence-electron chi connectivity index (χ1n) is 50.6. The van der Waals surface area contributed by atoms with Gasteiger partial charge < -0.3 is 23.8 Å². The van der Waals surface area contributed by atoms with E-state index >= 15 is 0 Å². The molecule has 0 N–H and O–H groups in total. The monoisotopic (exact) mass is 1890 g/mol. The van der Waals surface area contributed by atoms with Crippen LogP contribution in [0.15, 0.2) is 552 Å². The Labute approximate surface area is 857 Å². The average Bonchev–Trinajstić information content (AvgIpc) is 1.53. The molecule has 28 aromatic rings. The number of para-hydroxylation sites is 5. The van der Waals surface area contributed by atoms with E-state index in [1.165, 1.54) is 218 Å². The van der Waals surface area contributed by atoms with E-state index in [2.05, 4.69) is 590 Å². The maximum atomic E-state index is 2.47. The highest BCUT2D eigenvalue weighted by atomic mass is 32.1. The predicted molar refractivity (Wildman–Crippen MR) is 629 cm³/mol. The lowest BCUT2D eigenvalue weighted by molar-refractivity contribution is 0.660. The third-order valence-corrected chi connectivity index (χ3v) is 31.4. The number of rotatable bonds is 15. The van der Waals surface area contributed by atoms with Crippen LogP contribution in [0.2, 0.25) is 0 Å². The molecule has 1 aliphatic rings. The van der Waals surface area contributed by atoms with E-state index in [1.807, 2.05) is 11.3 Å². The molecule has 0 bridgehead atoms. The van der Waals surface area contributed by atoms with E-state index in [0.29, 0.717) is 0 Å². The number of anilines is 9. The second-order valence-corrected chi connectivity index (χ2v) is 40.0. The van der Waals surface area contributed by atoms with Crippen LogP contribution in [0.25, 0.3) is 195 Å². The molecule has 25 aromatic carbocycles. The summed E-state index contributed by atoms with van der Waals surface area (Å²) in [5.41, 5.74) is 32.5. The molecule has 0 aliphatic heterocycles. The van der Waals surface area contributed by atoms with Gasteiger partial charge in [0, 0.05) is 109 Å². The van der Waals surface area contributed by atoms with Gasteiger partial charge in [0.2, 0.25) is 0 Å². The van der Waals surface area contributed by atoms with Crippen molar-refractivity contribution in [3.63, 3.8) is 0 Å². The molecule has 5 nitrogen and oxygen atoms in total. The van der Waals surface area contributed by atoms with E-state index in [1.54, 1.807) is 0 Å². The fourth-order valence-corrected chi connectivity index (χ4v) is 24.3. The van der Waals surface area contributed by atoms with Crippen LogP contribution in [0, 0.1) is 0 Å². The smallest absolute Gasteiger partial charge is 0.0546 e. The van der Waals surface area contributed by atoms with E-state index in [4.69, 9.17) is 0 Å². The zero-order chi connectivity index (χ0) is 97.6. The fraction of sp³-hybridized carbons (Fsp3) is 0.0213. The van der Waals surface area contributed by atoms with Gasteiger partial charge in [0.1, 0.15) is 0 Å². The van der Waals surface area contributed by atoms with Gasteiger partial charge in [0.25, 0.3) is 0 Å². The van der Waals surface area contributed by atoms with Crippen molar-refractivity contribution in [1.29, 1.82) is 0 Å². The van der Waals surface area contributed by atoms with Gasteiger partial charge in [-0.3, -0.25) is 0 Å². The Morgan fingerprint density at radius 3 is 1.07 bits per heavy atom. The van der Waals surface area contributed by atoms with Gasteiger partial charge >= 0.3 is 0 Å². The molecule has 0 spiro atoms. The van der Waals surface area contributed by atoms with Crippen LogP contribution in [0.3, 0.4) is 0 Å². The number of hydrogen-bond acceptors (Lipinski definition) is 4. The van der Waals surface area contributed by atoms with Crippen LogP contribution in [-0.4, -0.2) is 9.13 Å². The third kappa shape index (κ3) is 15.5. The lowest BCUT2D eigenvalue weighted by Crippen LogP contribution is -2.16. The number of benzene rings is 25. The largest absolute Gasteiger partial charge is 0.310 e. The number of aromatic nitrogens is 2. The summed E-state index contributed by atoms with van der Waals surface area (Å²) in [6.45, 7) is 4.72. The van der Waals surface area contributed by atoms with Gasteiger partial charge in [-0.2, -0.15) is 0 Å². The number of thiophene rings is 1. The Bertz CT molecular complexity index is 9940. The number of nitrogens with zero attached hydrogens (tertiary/aromatic N) is 5. The van der Waals surface area contributed by atoms with Crippen molar-refractivity contribution in [2.45, 2.75) is 19.3 Å². The van der Waals surface area contributed by atoms with Gasteiger partial charge in [-0.1, -0.05) is 402 Å². The summed E-state index contributed by atoms with van der Waals surface area (Å²) in [5.74, 6) is 0. The van der Waals surface area contributed by atoms with Gasteiger partial charge in [0.05, 0.1) is 33.4 Å². The molecule has 692 valence electrons. The molecule has 0 saturated carbocycles. The van der Waals surface area contributed by atoms with Crippen molar-refractivity contribution in [3.8, 4) is 67.0 Å². The molecule has 0 atom stereocenters. The average molecular weight is 1890 g/mol. The molecule has 0 unspecified atom stereocenters. The summed E-state index contributed by atoms with van der Waals surface area (Å²) in [7, 11) is 0. The van der Waals surface area contributed by atoms with Gasteiger partial charge in [-0.05, 0) is 284 Å². The first-order valence-corrected chi connectivity index (χ1v) is 51.5. The molecular formula is C141H97N5S. The highest BCUT2D eigenvalue weighted by Crippen LogP contribution is 2.54. The standard InChI is InChI=1S/C50H34N2.C47H33NS.C44H30N2/c1-3-12-35(13-4-1)36-24-29-42(30-25-36)51(49-21-11-15-39-23-22-38-14-7-8-18-44(38)50(39)49)43-31-26-37(27-32-43)40-28-33-48-46(34-40)45-19-9-10-20-47(45)52(48)41-16-5-2-6-17-41;1-47(2)41-18-7-5-14-37(41)38-28-27-34(29-42(38)47)48(43-19-9-12-32-22-21-30-11-3-4-13-35(30)45(32)43)33-25-23-31(24-26-33)36-16-10-17-40-39-15-6-8-20-44(39)49-46(36)40;1-3-12-35(13-4-1)45(38-27-23-33-20-19-32-11-7-8-16-39(32)41(33)30-38)37-25-21-31(22-26-37)34-24-28-44-42(29-34)40-17-9-10-18-43(40)46(44)36-14-5-2-6-15-36/h1-34H;3-29H,1-2H3;1-30H. The molecular weight excluding hydrogens is 1800 g/mol. The van der Waals surface area contributed by atoms with Gasteiger partial charge in [-0.25, -0.2) is 0 Å². The van der Waals surface area contributed by atoms with Crippen molar-refractivity contribution >= 4 is 191 Å². The lowest BCUT2D eigenvalue weighted by atomic mass is 9.82. The summed E-state index contributed by atoms with van der Waals surface area (Å²) < 4.78 is 7.40. The zero-order valence-electron chi connectivity index (χ0n) is 81.2. The van der Waals surface area contributed by atoms with Crippen molar-refractivity contribution in [2.75, 3.05) is 14.7 Å². The van der Waals surface area contributed by atoms with Crippen LogP contribution in [0.4, 0.5) is 51.2 Å². The molecule has 3 aromatic heterocycles. The first-order chi connectivity index (χ1) is 72.7. The molecule has 0 fully saturated rings. The van der Waals surface area contributed by atoms with Crippen molar-refractivity contribution in [3.05, 3.63) is 563 Å². The Kier molecular flexibility index (Phi) is 21.8. The Hall–Kier alpha value is -18.7. The van der Waals surface area contributed by atoms with E-state index in [-0.39, 0.29) is 5.41 Å². The topological polar surface area (TPSA) is 19.6 Å².